The minimum Gasteiger partial charge on any atom is -0.252 e. The first-order valence-electron chi connectivity index (χ1n) is 10.5. The van der Waals surface area contributed by atoms with Crippen molar-refractivity contribution < 1.29 is 0 Å². The normalized spacial score (nSPS) is 15.9. The van der Waals surface area contributed by atoms with Crippen molar-refractivity contribution in [3.8, 4) is 22.5 Å². The van der Waals surface area contributed by atoms with Gasteiger partial charge in [0.15, 0.2) is 0 Å². The lowest BCUT2D eigenvalue weighted by atomic mass is 9.77. The van der Waals surface area contributed by atoms with Crippen LogP contribution in [0.1, 0.15) is 50.2 Å². The lowest BCUT2D eigenvalue weighted by Crippen LogP contribution is -2.23. The molecule has 0 radical (unpaired) electrons. The summed E-state index contributed by atoms with van der Waals surface area (Å²) < 4.78 is 0. The standard InChI is InChI=1S/C28H26N2/c1-27(2)21-11-5-9-19(17-21)23-13-7-15-25(29-23)28(3,4)26-16-8-14-24(30-26)20-10-6-12-22(27)18-20/h5-18H,1-4H3. The second-order valence-electron chi connectivity index (χ2n) is 9.23. The van der Waals surface area contributed by atoms with Gasteiger partial charge in [-0.2, -0.15) is 0 Å². The number of fused-ring (bicyclic) bond motifs is 10. The Hall–Kier alpha value is -3.26. The number of benzene rings is 2. The summed E-state index contributed by atoms with van der Waals surface area (Å²) in [6.07, 6.45) is 0. The maximum absolute atomic E-state index is 5.08. The molecule has 2 nitrogen and oxygen atoms in total. The fraction of sp³-hybridized carbons (Fsp3) is 0.214. The Labute approximate surface area is 178 Å². The van der Waals surface area contributed by atoms with Gasteiger partial charge in [-0.05, 0) is 61.4 Å². The zero-order chi connectivity index (χ0) is 20.9. The van der Waals surface area contributed by atoms with Crippen LogP contribution >= 0.6 is 0 Å². The number of pyridine rings is 2. The minimum absolute atomic E-state index is 0.134. The first-order chi connectivity index (χ1) is 14.4. The van der Waals surface area contributed by atoms with Gasteiger partial charge in [-0.1, -0.05) is 62.4 Å². The van der Waals surface area contributed by atoms with E-state index in [1.165, 1.54) is 11.1 Å². The highest BCUT2D eigenvalue weighted by Crippen LogP contribution is 2.37. The first kappa shape index (κ1) is 18.7. The summed E-state index contributed by atoms with van der Waals surface area (Å²) in [4.78, 5) is 10.2. The predicted octanol–water partition coefficient (Wildman–Crippen LogP) is 6.78. The Kier molecular flexibility index (Phi) is 4.14. The van der Waals surface area contributed by atoms with Crippen molar-refractivity contribution in [3.63, 3.8) is 0 Å². The first-order valence-corrected chi connectivity index (χ1v) is 10.5. The fourth-order valence-corrected chi connectivity index (χ4v) is 4.32. The molecule has 4 aromatic rings. The van der Waals surface area contributed by atoms with Crippen molar-refractivity contribution >= 4 is 0 Å². The molecule has 30 heavy (non-hydrogen) atoms. The Morgan fingerprint density at radius 1 is 0.500 bits per heavy atom. The van der Waals surface area contributed by atoms with Crippen molar-refractivity contribution in [2.24, 2.45) is 0 Å². The molecule has 0 amide bonds. The van der Waals surface area contributed by atoms with Crippen molar-refractivity contribution in [1.82, 2.24) is 9.97 Å². The second kappa shape index (κ2) is 6.63. The van der Waals surface area contributed by atoms with E-state index in [9.17, 15) is 0 Å². The Morgan fingerprint density at radius 2 is 0.933 bits per heavy atom. The van der Waals surface area contributed by atoms with Crippen molar-refractivity contribution in [2.45, 2.75) is 38.5 Å². The third-order valence-electron chi connectivity index (χ3n) is 6.54. The molecule has 0 unspecified atom stereocenters. The number of hydrogen-bond acceptors (Lipinski definition) is 2. The molecule has 2 aromatic carbocycles. The van der Waals surface area contributed by atoms with E-state index in [0.717, 1.165) is 33.9 Å². The lowest BCUT2D eigenvalue weighted by molar-refractivity contribution is 0.596. The topological polar surface area (TPSA) is 25.8 Å². The van der Waals surface area contributed by atoms with E-state index in [2.05, 4.69) is 113 Å². The van der Waals surface area contributed by atoms with E-state index in [1.807, 2.05) is 0 Å². The number of nitrogens with zero attached hydrogens (tertiary/aromatic N) is 2. The second-order valence-corrected chi connectivity index (χ2v) is 9.23. The van der Waals surface area contributed by atoms with Crippen LogP contribution in [0.3, 0.4) is 0 Å². The van der Waals surface area contributed by atoms with Crippen LogP contribution in [0.2, 0.25) is 0 Å². The summed E-state index contributed by atoms with van der Waals surface area (Å²) in [5.41, 5.74) is 8.47. The van der Waals surface area contributed by atoms with Gasteiger partial charge in [-0.15, -0.1) is 0 Å². The van der Waals surface area contributed by atoms with Crippen molar-refractivity contribution in [3.05, 3.63) is 107 Å². The quantitative estimate of drug-likeness (QED) is 0.331. The van der Waals surface area contributed by atoms with Gasteiger partial charge in [0.2, 0.25) is 0 Å². The molecule has 8 bridgehead atoms. The molecule has 0 N–H and O–H groups in total. The van der Waals surface area contributed by atoms with Crippen LogP contribution in [0.25, 0.3) is 22.5 Å². The Morgan fingerprint density at radius 3 is 1.40 bits per heavy atom. The lowest BCUT2D eigenvalue weighted by Gasteiger charge is -2.28. The van der Waals surface area contributed by atoms with Gasteiger partial charge in [-0.3, -0.25) is 9.97 Å². The van der Waals surface area contributed by atoms with Crippen LogP contribution in [-0.4, -0.2) is 9.97 Å². The molecule has 148 valence electrons. The minimum atomic E-state index is -0.301. The summed E-state index contributed by atoms with van der Waals surface area (Å²) in [5.74, 6) is 0. The highest BCUT2D eigenvalue weighted by atomic mass is 14.8. The molecule has 0 spiro atoms. The number of rotatable bonds is 0. The van der Waals surface area contributed by atoms with Gasteiger partial charge in [0, 0.05) is 22.0 Å². The van der Waals surface area contributed by atoms with Crippen LogP contribution in [-0.2, 0) is 10.8 Å². The summed E-state index contributed by atoms with van der Waals surface area (Å²) in [5, 5.41) is 0. The molecule has 0 atom stereocenters. The smallest absolute Gasteiger partial charge is 0.0705 e. The van der Waals surface area contributed by atoms with E-state index in [1.54, 1.807) is 0 Å². The molecule has 3 heterocycles. The van der Waals surface area contributed by atoms with Gasteiger partial charge < -0.3 is 0 Å². The SMILES string of the molecule is CC1(C)c2cccc(c2)-c2cccc(n2)C(C)(C)c2cccc(n2)-c2cccc1c2. The van der Waals surface area contributed by atoms with Gasteiger partial charge in [0.1, 0.15) is 0 Å². The summed E-state index contributed by atoms with van der Waals surface area (Å²) >= 11 is 0. The van der Waals surface area contributed by atoms with Crippen LogP contribution in [0.4, 0.5) is 0 Å². The molecule has 0 saturated carbocycles. The summed E-state index contributed by atoms with van der Waals surface area (Å²) in [6, 6.07) is 30.2. The monoisotopic (exact) mass is 390 g/mol. The summed E-state index contributed by atoms with van der Waals surface area (Å²) in [6.45, 7) is 8.97. The predicted molar refractivity (Wildman–Crippen MR) is 124 cm³/mol. The van der Waals surface area contributed by atoms with Crippen LogP contribution in [0.5, 0.6) is 0 Å². The number of hydrogen-bond donors (Lipinski definition) is 0. The molecule has 0 fully saturated rings. The molecule has 2 heteroatoms. The molecule has 0 saturated heterocycles. The van der Waals surface area contributed by atoms with Crippen LogP contribution < -0.4 is 0 Å². The van der Waals surface area contributed by atoms with Gasteiger partial charge in [0.25, 0.3) is 0 Å². The molecule has 1 aliphatic heterocycles. The van der Waals surface area contributed by atoms with Gasteiger partial charge >= 0.3 is 0 Å². The molecular weight excluding hydrogens is 364 g/mol. The van der Waals surface area contributed by atoms with E-state index < -0.39 is 0 Å². The molecule has 0 aliphatic carbocycles. The van der Waals surface area contributed by atoms with Crippen molar-refractivity contribution in [2.75, 3.05) is 0 Å². The van der Waals surface area contributed by atoms with E-state index in [-0.39, 0.29) is 10.8 Å². The number of aromatic nitrogens is 2. The average Bonchev–Trinajstić information content (AvgIpc) is 2.79. The zero-order valence-corrected chi connectivity index (χ0v) is 18.0. The average molecular weight is 391 g/mol. The van der Waals surface area contributed by atoms with Gasteiger partial charge in [0.05, 0.1) is 22.8 Å². The Bertz CT molecular complexity index is 1060. The van der Waals surface area contributed by atoms with E-state index >= 15 is 0 Å². The zero-order valence-electron chi connectivity index (χ0n) is 18.0. The van der Waals surface area contributed by atoms with Crippen molar-refractivity contribution in [1.29, 1.82) is 0 Å². The molecule has 1 aliphatic rings. The largest absolute Gasteiger partial charge is 0.252 e. The summed E-state index contributed by atoms with van der Waals surface area (Å²) in [7, 11) is 0. The third-order valence-corrected chi connectivity index (χ3v) is 6.54. The Balaban J connectivity index is 1.85. The maximum atomic E-state index is 5.08. The molecular formula is C28H26N2. The van der Waals surface area contributed by atoms with E-state index in [0.29, 0.717) is 0 Å². The highest BCUT2D eigenvalue weighted by Gasteiger charge is 2.28. The van der Waals surface area contributed by atoms with E-state index in [4.69, 9.17) is 9.97 Å². The van der Waals surface area contributed by atoms with Crippen LogP contribution in [0, 0.1) is 0 Å². The maximum Gasteiger partial charge on any atom is 0.0705 e. The molecule has 5 rings (SSSR count). The third kappa shape index (κ3) is 2.95. The highest BCUT2D eigenvalue weighted by molar-refractivity contribution is 5.64. The molecule has 2 aromatic heterocycles. The van der Waals surface area contributed by atoms with Crippen LogP contribution in [0.15, 0.2) is 84.9 Å². The van der Waals surface area contributed by atoms with Gasteiger partial charge in [-0.25, -0.2) is 0 Å². The fourth-order valence-electron chi connectivity index (χ4n) is 4.32.